The molecular formula is C38H42N6O4S. The van der Waals surface area contributed by atoms with Crippen molar-refractivity contribution in [1.82, 2.24) is 18.8 Å². The van der Waals surface area contributed by atoms with Gasteiger partial charge in [-0.1, -0.05) is 37.3 Å². The van der Waals surface area contributed by atoms with Crippen molar-refractivity contribution in [2.24, 2.45) is 5.73 Å². The number of nitrogens with zero attached hydrogens (tertiary/aromatic N) is 5. The van der Waals surface area contributed by atoms with Crippen LogP contribution < -0.4 is 10.5 Å². The van der Waals surface area contributed by atoms with E-state index in [1.165, 1.54) is 9.67 Å². The number of pyridine rings is 1. The van der Waals surface area contributed by atoms with Gasteiger partial charge in [0.15, 0.2) is 5.65 Å². The summed E-state index contributed by atoms with van der Waals surface area (Å²) in [7, 11) is -4.00. The molecule has 4 heterocycles. The molecule has 1 aliphatic carbocycles. The average molecular weight is 679 g/mol. The summed E-state index contributed by atoms with van der Waals surface area (Å²) in [5.74, 6) is 0.546. The van der Waals surface area contributed by atoms with E-state index in [1.807, 2.05) is 36.4 Å². The molecule has 10 nitrogen and oxygen atoms in total. The van der Waals surface area contributed by atoms with Gasteiger partial charge in [-0.3, -0.25) is 4.90 Å². The van der Waals surface area contributed by atoms with Gasteiger partial charge in [0.05, 0.1) is 29.4 Å². The largest absolute Gasteiger partial charge is 0.488 e. The standard InChI is InChI=1S/C38H42N6O4S/c1-2-30(25-40)43-17-15-32(26-43)48-37-13-10-28(22-29(37)24-39)34-14-16-41-38-35(34)23-36(44(38)49(45,46)33-6-4-3-5-7-33)27-8-11-31(12-9-27)42-18-20-47-21-19-42/h3-8,10-11,13-14,16,22-23,30,32H,2,9,12,15,17-21,25-26,40H2,1H3/t30?,32-/m1/s1. The molecule has 11 heteroatoms. The Balaban J connectivity index is 1.28. The molecule has 0 radical (unpaired) electrons. The Morgan fingerprint density at radius 1 is 1.06 bits per heavy atom. The van der Waals surface area contributed by atoms with Crippen LogP contribution >= 0.6 is 0 Å². The maximum Gasteiger partial charge on any atom is 0.269 e. The molecule has 2 saturated heterocycles. The number of aromatic nitrogens is 2. The second-order valence-electron chi connectivity index (χ2n) is 12.8. The van der Waals surface area contributed by atoms with E-state index in [0.29, 0.717) is 60.3 Å². The maximum absolute atomic E-state index is 14.3. The van der Waals surface area contributed by atoms with Gasteiger partial charge in [0.1, 0.15) is 17.9 Å². The molecule has 2 aromatic carbocycles. The summed E-state index contributed by atoms with van der Waals surface area (Å²) >= 11 is 0. The van der Waals surface area contributed by atoms with Gasteiger partial charge in [-0.25, -0.2) is 17.4 Å². The molecule has 0 saturated carbocycles. The number of hydrogen-bond donors (Lipinski definition) is 1. The fraction of sp³-hybridized carbons (Fsp3) is 0.368. The van der Waals surface area contributed by atoms with Crippen molar-refractivity contribution in [3.05, 3.63) is 96.0 Å². The van der Waals surface area contributed by atoms with E-state index in [9.17, 15) is 13.7 Å². The van der Waals surface area contributed by atoms with Crippen molar-refractivity contribution in [2.45, 2.75) is 49.6 Å². The minimum Gasteiger partial charge on any atom is -0.488 e. The summed E-state index contributed by atoms with van der Waals surface area (Å²) in [6.07, 6.45) is 9.11. The zero-order valence-electron chi connectivity index (χ0n) is 27.8. The van der Waals surface area contributed by atoms with Gasteiger partial charge in [-0.15, -0.1) is 0 Å². The Bertz CT molecular complexity index is 2040. The van der Waals surface area contributed by atoms with Gasteiger partial charge >= 0.3 is 0 Å². The normalized spacial score (nSPS) is 19.4. The first-order valence-corrected chi connectivity index (χ1v) is 18.5. The van der Waals surface area contributed by atoms with Crippen molar-refractivity contribution in [1.29, 1.82) is 5.26 Å². The summed E-state index contributed by atoms with van der Waals surface area (Å²) in [6, 6.07) is 20.6. The summed E-state index contributed by atoms with van der Waals surface area (Å²) in [5.41, 5.74) is 11.1. The molecule has 1 unspecified atom stereocenters. The van der Waals surface area contributed by atoms with Crippen molar-refractivity contribution in [2.75, 3.05) is 45.9 Å². The quantitative estimate of drug-likeness (QED) is 0.235. The lowest BCUT2D eigenvalue weighted by atomic mass is 9.97. The lowest BCUT2D eigenvalue weighted by Crippen LogP contribution is -2.39. The lowest BCUT2D eigenvalue weighted by Gasteiger charge is -2.32. The van der Waals surface area contributed by atoms with Crippen molar-refractivity contribution < 1.29 is 17.9 Å². The predicted octanol–water partition coefficient (Wildman–Crippen LogP) is 5.40. The summed E-state index contributed by atoms with van der Waals surface area (Å²) in [6.45, 7) is 7.58. The fourth-order valence-electron chi connectivity index (χ4n) is 7.27. The maximum atomic E-state index is 14.3. The topological polar surface area (TPSA) is 127 Å². The van der Waals surface area contributed by atoms with E-state index >= 15 is 0 Å². The first kappa shape index (κ1) is 33.0. The molecule has 7 rings (SSSR count). The van der Waals surface area contributed by atoms with Crippen molar-refractivity contribution in [3.8, 4) is 22.9 Å². The van der Waals surface area contributed by atoms with Crippen molar-refractivity contribution >= 4 is 26.6 Å². The SMILES string of the molecule is CCC(CN)N1CC[C@@H](Oc2ccc(-c3ccnc4c3cc(C3=CC=C(N5CCOCC5)CC3)n4S(=O)(=O)c3ccccc3)cc2C#N)C1. The first-order chi connectivity index (χ1) is 23.9. The summed E-state index contributed by atoms with van der Waals surface area (Å²) in [5, 5.41) is 10.9. The lowest BCUT2D eigenvalue weighted by molar-refractivity contribution is 0.0521. The molecule has 0 spiro atoms. The van der Waals surface area contributed by atoms with Crippen LogP contribution in [-0.4, -0.2) is 85.3 Å². The van der Waals surface area contributed by atoms with Gasteiger partial charge in [-0.2, -0.15) is 5.26 Å². The molecule has 49 heavy (non-hydrogen) atoms. The van der Waals surface area contributed by atoms with Crippen LogP contribution in [0.2, 0.25) is 0 Å². The van der Waals surface area contributed by atoms with E-state index in [2.05, 4.69) is 33.9 Å². The molecule has 2 N–H and O–H groups in total. The number of nitriles is 1. The number of fused-ring (bicyclic) bond motifs is 1. The summed E-state index contributed by atoms with van der Waals surface area (Å²) in [4.78, 5) is 9.55. The Labute approximate surface area is 288 Å². The Hall–Kier alpha value is -4.47. The highest BCUT2D eigenvalue weighted by Crippen LogP contribution is 2.39. The van der Waals surface area contributed by atoms with Gasteiger partial charge in [0.2, 0.25) is 0 Å². The number of hydrogen-bond acceptors (Lipinski definition) is 9. The van der Waals surface area contributed by atoms with Crippen molar-refractivity contribution in [3.63, 3.8) is 0 Å². The van der Waals surface area contributed by atoms with Crippen LogP contribution in [0.15, 0.2) is 89.6 Å². The molecule has 0 amide bonds. The van der Waals surface area contributed by atoms with Gasteiger partial charge in [0, 0.05) is 56.0 Å². The number of allylic oxidation sites excluding steroid dienone is 4. The third kappa shape index (κ3) is 6.49. The highest BCUT2D eigenvalue weighted by molar-refractivity contribution is 7.90. The Morgan fingerprint density at radius 2 is 1.88 bits per heavy atom. The molecule has 254 valence electrons. The second-order valence-corrected chi connectivity index (χ2v) is 14.6. The molecule has 3 aliphatic rings. The molecule has 4 aromatic rings. The van der Waals surface area contributed by atoms with Crippen LogP contribution in [-0.2, 0) is 14.8 Å². The highest BCUT2D eigenvalue weighted by Gasteiger charge is 2.30. The molecule has 2 aromatic heterocycles. The van der Waals surface area contributed by atoms with Gasteiger partial charge < -0.3 is 20.1 Å². The third-order valence-corrected chi connectivity index (χ3v) is 11.7. The average Bonchev–Trinajstić information content (AvgIpc) is 3.79. The fourth-order valence-corrected chi connectivity index (χ4v) is 8.78. The molecule has 0 bridgehead atoms. The van der Waals surface area contributed by atoms with Crippen LogP contribution in [0.4, 0.5) is 0 Å². The van der Waals surface area contributed by atoms with E-state index < -0.39 is 10.0 Å². The molecular weight excluding hydrogens is 637 g/mol. The van der Waals surface area contributed by atoms with E-state index in [-0.39, 0.29) is 11.0 Å². The zero-order valence-corrected chi connectivity index (χ0v) is 28.6. The second kappa shape index (κ2) is 14.2. The number of benzene rings is 2. The Morgan fingerprint density at radius 3 is 2.59 bits per heavy atom. The van der Waals surface area contributed by atoms with Gasteiger partial charge in [-0.05, 0) is 84.9 Å². The number of nitrogens with two attached hydrogens (primary N) is 1. The van der Waals surface area contributed by atoms with E-state index in [1.54, 1.807) is 36.5 Å². The number of ether oxygens (including phenoxy) is 2. The molecule has 2 atom stereocenters. The van der Waals surface area contributed by atoms with Crippen LogP contribution in [0.5, 0.6) is 5.75 Å². The van der Waals surface area contributed by atoms with Crippen LogP contribution in [0.1, 0.15) is 43.9 Å². The summed E-state index contributed by atoms with van der Waals surface area (Å²) < 4.78 is 42.0. The van der Waals surface area contributed by atoms with Crippen LogP contribution in [0, 0.1) is 11.3 Å². The first-order valence-electron chi connectivity index (χ1n) is 17.1. The van der Waals surface area contributed by atoms with E-state index in [4.69, 9.17) is 15.2 Å². The Kier molecular flexibility index (Phi) is 9.56. The number of likely N-dealkylation sites (tertiary alicyclic amines) is 1. The van der Waals surface area contributed by atoms with Crippen LogP contribution in [0.3, 0.4) is 0 Å². The minimum absolute atomic E-state index is 0.0208. The molecule has 2 fully saturated rings. The van der Waals surface area contributed by atoms with Crippen LogP contribution in [0.25, 0.3) is 27.7 Å². The van der Waals surface area contributed by atoms with E-state index in [0.717, 1.165) is 62.1 Å². The monoisotopic (exact) mass is 678 g/mol. The predicted molar refractivity (Wildman–Crippen MR) is 190 cm³/mol. The molecule has 2 aliphatic heterocycles. The number of morpholine rings is 1. The zero-order chi connectivity index (χ0) is 34.0. The third-order valence-electron chi connectivity index (χ3n) is 9.96. The minimum atomic E-state index is -4.00. The number of rotatable bonds is 10. The smallest absolute Gasteiger partial charge is 0.269 e. The highest BCUT2D eigenvalue weighted by atomic mass is 32.2. The van der Waals surface area contributed by atoms with Gasteiger partial charge in [0.25, 0.3) is 10.0 Å².